The SMILES string of the molecule is CN(Cc1nccn1C)S(=O)(=O)c1cc(CO)oc1Br. The van der Waals surface area contributed by atoms with Crippen molar-refractivity contribution in [2.75, 3.05) is 7.05 Å². The monoisotopic (exact) mass is 363 g/mol. The van der Waals surface area contributed by atoms with Crippen LogP contribution in [0.2, 0.25) is 0 Å². The zero-order chi connectivity index (χ0) is 14.9. The van der Waals surface area contributed by atoms with Crippen LogP contribution in [0, 0.1) is 0 Å². The van der Waals surface area contributed by atoms with Crippen molar-refractivity contribution in [1.29, 1.82) is 0 Å². The summed E-state index contributed by atoms with van der Waals surface area (Å²) < 4.78 is 33.0. The van der Waals surface area contributed by atoms with Crippen LogP contribution in [0.25, 0.3) is 0 Å². The molecule has 9 heteroatoms. The molecule has 0 saturated heterocycles. The maximum atomic E-state index is 12.4. The van der Waals surface area contributed by atoms with Crippen LogP contribution in [0.4, 0.5) is 0 Å². The van der Waals surface area contributed by atoms with Gasteiger partial charge in [-0.2, -0.15) is 4.31 Å². The molecule has 0 aromatic carbocycles. The van der Waals surface area contributed by atoms with Crippen LogP contribution in [0.15, 0.2) is 32.4 Å². The fraction of sp³-hybridized carbons (Fsp3) is 0.364. The van der Waals surface area contributed by atoms with Crippen LogP contribution < -0.4 is 0 Å². The predicted octanol–water partition coefficient (Wildman–Crippen LogP) is 1.09. The highest BCUT2D eigenvalue weighted by Crippen LogP contribution is 2.28. The van der Waals surface area contributed by atoms with Gasteiger partial charge >= 0.3 is 0 Å². The van der Waals surface area contributed by atoms with Crippen molar-refractivity contribution in [1.82, 2.24) is 13.9 Å². The number of hydrogen-bond acceptors (Lipinski definition) is 5. The average molecular weight is 364 g/mol. The highest BCUT2D eigenvalue weighted by Gasteiger charge is 2.27. The van der Waals surface area contributed by atoms with E-state index < -0.39 is 10.0 Å². The van der Waals surface area contributed by atoms with E-state index in [-0.39, 0.29) is 28.5 Å². The molecule has 0 aliphatic heterocycles. The van der Waals surface area contributed by atoms with Crippen molar-refractivity contribution in [2.24, 2.45) is 7.05 Å². The third kappa shape index (κ3) is 2.80. The summed E-state index contributed by atoms with van der Waals surface area (Å²) in [5, 5.41) is 8.99. The second-order valence-electron chi connectivity index (χ2n) is 4.22. The number of aryl methyl sites for hydroxylation is 1. The number of hydrogen-bond donors (Lipinski definition) is 1. The molecule has 0 atom stereocenters. The first-order valence-electron chi connectivity index (χ1n) is 5.68. The summed E-state index contributed by atoms with van der Waals surface area (Å²) in [5.41, 5.74) is 0. The summed E-state index contributed by atoms with van der Waals surface area (Å²) in [6.45, 7) is -0.227. The maximum Gasteiger partial charge on any atom is 0.247 e. The Labute approximate surface area is 125 Å². The largest absolute Gasteiger partial charge is 0.450 e. The molecule has 0 amide bonds. The van der Waals surface area contributed by atoms with E-state index in [4.69, 9.17) is 9.52 Å². The molecule has 2 rings (SSSR count). The molecule has 20 heavy (non-hydrogen) atoms. The van der Waals surface area contributed by atoms with Gasteiger partial charge in [0.15, 0.2) is 4.67 Å². The van der Waals surface area contributed by atoms with Crippen LogP contribution >= 0.6 is 15.9 Å². The van der Waals surface area contributed by atoms with Crippen molar-refractivity contribution in [3.63, 3.8) is 0 Å². The molecular weight excluding hydrogens is 350 g/mol. The molecular formula is C11H14BrN3O4S. The van der Waals surface area contributed by atoms with Gasteiger partial charge in [0.05, 0.1) is 6.54 Å². The molecule has 0 aliphatic carbocycles. The molecule has 0 bridgehead atoms. The van der Waals surface area contributed by atoms with Crippen molar-refractivity contribution in [2.45, 2.75) is 18.0 Å². The number of halogens is 1. The molecule has 2 heterocycles. The van der Waals surface area contributed by atoms with E-state index in [2.05, 4.69) is 20.9 Å². The summed E-state index contributed by atoms with van der Waals surface area (Å²) >= 11 is 3.05. The minimum atomic E-state index is -3.72. The number of furan rings is 1. The Balaban J connectivity index is 2.29. The van der Waals surface area contributed by atoms with Gasteiger partial charge in [-0.15, -0.1) is 0 Å². The maximum absolute atomic E-state index is 12.4. The Kier molecular flexibility index (Phi) is 4.33. The van der Waals surface area contributed by atoms with Gasteiger partial charge in [-0.3, -0.25) is 0 Å². The predicted molar refractivity (Wildman–Crippen MR) is 74.2 cm³/mol. The molecule has 0 saturated carbocycles. The van der Waals surface area contributed by atoms with Gasteiger partial charge < -0.3 is 14.1 Å². The average Bonchev–Trinajstić information content (AvgIpc) is 2.96. The third-order valence-corrected chi connectivity index (χ3v) is 5.50. The summed E-state index contributed by atoms with van der Waals surface area (Å²) in [5.74, 6) is 0.805. The number of sulfonamides is 1. The van der Waals surface area contributed by atoms with Crippen molar-refractivity contribution < 1.29 is 17.9 Å². The summed E-state index contributed by atoms with van der Waals surface area (Å²) in [7, 11) is -0.471. The van der Waals surface area contributed by atoms with Gasteiger partial charge in [0.2, 0.25) is 10.0 Å². The van der Waals surface area contributed by atoms with Gasteiger partial charge in [0.1, 0.15) is 23.1 Å². The van der Waals surface area contributed by atoms with E-state index in [0.29, 0.717) is 5.82 Å². The Hall–Kier alpha value is -1.16. The lowest BCUT2D eigenvalue weighted by Gasteiger charge is -2.15. The first-order valence-corrected chi connectivity index (χ1v) is 7.91. The van der Waals surface area contributed by atoms with Crippen LogP contribution in [-0.2, 0) is 30.2 Å². The van der Waals surface area contributed by atoms with Crippen molar-refractivity contribution in [3.05, 3.63) is 34.7 Å². The van der Waals surface area contributed by atoms with Gasteiger partial charge in [-0.1, -0.05) is 0 Å². The Morgan fingerprint density at radius 1 is 1.55 bits per heavy atom. The van der Waals surface area contributed by atoms with Gasteiger partial charge in [0.25, 0.3) is 0 Å². The number of nitrogens with zero attached hydrogens (tertiary/aromatic N) is 3. The van der Waals surface area contributed by atoms with Gasteiger partial charge in [-0.25, -0.2) is 13.4 Å². The van der Waals surface area contributed by atoms with E-state index in [1.54, 1.807) is 24.0 Å². The summed E-state index contributed by atoms with van der Waals surface area (Å²) in [6, 6.07) is 1.30. The molecule has 0 fully saturated rings. The lowest BCUT2D eigenvalue weighted by molar-refractivity contribution is 0.245. The fourth-order valence-corrected chi connectivity index (χ4v) is 3.73. The van der Waals surface area contributed by atoms with E-state index in [0.717, 1.165) is 0 Å². The third-order valence-electron chi connectivity index (χ3n) is 2.84. The van der Waals surface area contributed by atoms with E-state index in [1.807, 2.05) is 0 Å². The van der Waals surface area contributed by atoms with Crippen LogP contribution in [0.5, 0.6) is 0 Å². The molecule has 2 aromatic heterocycles. The number of aliphatic hydroxyl groups excluding tert-OH is 1. The second kappa shape index (κ2) is 5.68. The lowest BCUT2D eigenvalue weighted by Crippen LogP contribution is -2.27. The smallest absolute Gasteiger partial charge is 0.247 e. The van der Waals surface area contributed by atoms with Gasteiger partial charge in [0, 0.05) is 32.6 Å². The quantitative estimate of drug-likeness (QED) is 0.858. The fourth-order valence-electron chi connectivity index (χ4n) is 1.65. The molecule has 0 radical (unpaired) electrons. The zero-order valence-electron chi connectivity index (χ0n) is 10.9. The number of aromatic nitrogens is 2. The number of aliphatic hydroxyl groups is 1. The first kappa shape index (κ1) is 15.2. The Morgan fingerprint density at radius 2 is 2.25 bits per heavy atom. The molecule has 110 valence electrons. The van der Waals surface area contributed by atoms with Crippen LogP contribution in [0.3, 0.4) is 0 Å². The highest BCUT2D eigenvalue weighted by atomic mass is 79.9. The number of imidazole rings is 1. The minimum absolute atomic E-state index is 0.0155. The number of rotatable bonds is 5. The normalized spacial score (nSPS) is 12.2. The van der Waals surface area contributed by atoms with Crippen molar-refractivity contribution in [3.8, 4) is 0 Å². The molecule has 0 unspecified atom stereocenters. The second-order valence-corrected chi connectivity index (χ2v) is 6.96. The van der Waals surface area contributed by atoms with Gasteiger partial charge in [-0.05, 0) is 15.9 Å². The topological polar surface area (TPSA) is 88.6 Å². The Morgan fingerprint density at radius 3 is 2.75 bits per heavy atom. The molecule has 0 spiro atoms. The lowest BCUT2D eigenvalue weighted by atomic mass is 10.5. The molecule has 0 aliphatic rings. The Bertz CT molecular complexity index is 707. The zero-order valence-corrected chi connectivity index (χ0v) is 13.3. The first-order chi connectivity index (χ1) is 9.36. The summed E-state index contributed by atoms with van der Waals surface area (Å²) in [6.07, 6.45) is 3.35. The van der Waals surface area contributed by atoms with Crippen LogP contribution in [0.1, 0.15) is 11.6 Å². The van der Waals surface area contributed by atoms with E-state index in [9.17, 15) is 8.42 Å². The van der Waals surface area contributed by atoms with E-state index in [1.165, 1.54) is 17.4 Å². The molecule has 7 nitrogen and oxygen atoms in total. The van der Waals surface area contributed by atoms with Crippen molar-refractivity contribution >= 4 is 26.0 Å². The standard InChI is InChI=1S/C11H14BrN3O4S/c1-14-4-3-13-10(14)6-15(2)20(17,18)9-5-8(7-16)19-11(9)12/h3-5,16H,6-7H2,1-2H3. The van der Waals surface area contributed by atoms with Crippen LogP contribution in [-0.4, -0.2) is 34.4 Å². The van der Waals surface area contributed by atoms with E-state index >= 15 is 0 Å². The minimum Gasteiger partial charge on any atom is -0.450 e. The summed E-state index contributed by atoms with van der Waals surface area (Å²) in [4.78, 5) is 4.07. The highest BCUT2D eigenvalue weighted by molar-refractivity contribution is 9.10. The molecule has 2 aromatic rings. The molecule has 1 N–H and O–H groups in total.